The lowest BCUT2D eigenvalue weighted by atomic mass is 10.0. The number of hydrogen-bond donors (Lipinski definition) is 9. The lowest BCUT2D eigenvalue weighted by Crippen LogP contribution is -2.71. The number of rotatable bonds is 12. The molecule has 0 radical (unpaired) electrons. The van der Waals surface area contributed by atoms with E-state index in [1.165, 1.54) is 30.5 Å². The van der Waals surface area contributed by atoms with Gasteiger partial charge in [-0.3, -0.25) is 24.5 Å². The fourth-order valence-corrected chi connectivity index (χ4v) is 6.15. The third-order valence-corrected chi connectivity index (χ3v) is 8.72. The van der Waals surface area contributed by atoms with Gasteiger partial charge in [-0.25, -0.2) is 18.0 Å². The molecular weight excluding hydrogens is 731 g/mol. The standard InChI is InChI=1S/C23H31N13O7S2.H2O4S/c1-23(2,20(41)42)43-31-11(15-30-22(28)45-32-15)16(37)29-12-17(38)36-13(19(39)40)9(8-44-18(12)36)6-34-7-10(14(25)33(34)3)35(5-4-24)21(26)27;1-5(2,3)4/h7,12,18,25H,4-6,8,24H2,1-3H3,(H8,26,27,28,29,30,32,37,39,40,41,42);(H2,1,2,3,4)/b31-11-;/t12-,18-;/m1./s1. The minimum absolute atomic E-state index is 0.00107. The summed E-state index contributed by atoms with van der Waals surface area (Å²) in [5.74, 6) is -4.46. The van der Waals surface area contributed by atoms with Gasteiger partial charge in [0.15, 0.2) is 29.1 Å². The van der Waals surface area contributed by atoms with Crippen LogP contribution in [0.3, 0.4) is 0 Å². The number of aliphatic carboxylic acids is 2. The first-order chi connectivity index (χ1) is 23.1. The lowest BCUT2D eigenvalue weighted by Gasteiger charge is -2.49. The molecule has 24 nitrogen and oxygen atoms in total. The number of nitrogens with zero attached hydrogens (tertiary/aromatic N) is 7. The Bertz CT molecular complexity index is 1860. The number of oxime groups is 1. The zero-order chi connectivity index (χ0) is 37.9. The van der Waals surface area contributed by atoms with Gasteiger partial charge in [0, 0.05) is 35.9 Å². The quantitative estimate of drug-likeness (QED) is 0.0189. The molecule has 0 aromatic carbocycles. The number of amides is 2. The molecule has 0 unspecified atom stereocenters. The Kier molecular flexibility index (Phi) is 12.0. The van der Waals surface area contributed by atoms with E-state index in [0.29, 0.717) is 11.3 Å². The Morgan fingerprint density at radius 2 is 1.94 bits per heavy atom. The predicted molar refractivity (Wildman–Crippen MR) is 174 cm³/mol. The highest BCUT2D eigenvalue weighted by molar-refractivity contribution is 8.00. The molecule has 4 rings (SSSR count). The van der Waals surface area contributed by atoms with Crippen molar-refractivity contribution in [2.45, 2.75) is 37.4 Å². The summed E-state index contributed by atoms with van der Waals surface area (Å²) in [4.78, 5) is 61.9. The second kappa shape index (κ2) is 15.2. The number of carbonyl (C=O) groups excluding carboxylic acids is 2. The van der Waals surface area contributed by atoms with Gasteiger partial charge in [-0.05, 0) is 13.8 Å². The molecule has 2 aliphatic rings. The van der Waals surface area contributed by atoms with Crippen LogP contribution in [0.5, 0.6) is 0 Å². The van der Waals surface area contributed by atoms with Crippen molar-refractivity contribution < 1.29 is 56.4 Å². The van der Waals surface area contributed by atoms with E-state index < -0.39 is 56.9 Å². The van der Waals surface area contributed by atoms with Crippen molar-refractivity contribution in [3.8, 4) is 0 Å². The van der Waals surface area contributed by atoms with Crippen molar-refractivity contribution in [2.75, 3.05) is 35.2 Å². The molecule has 0 aliphatic carbocycles. The monoisotopic (exact) mass is 763 g/mol. The van der Waals surface area contributed by atoms with Gasteiger partial charge in [0.05, 0.1) is 7.05 Å². The number of nitrogens with one attached hydrogen (secondary N) is 2. The van der Waals surface area contributed by atoms with Crippen LogP contribution in [0.1, 0.15) is 19.7 Å². The fraction of sp³-hybridized carbons (Fsp3) is 0.435. The molecule has 1 saturated heterocycles. The lowest BCUT2D eigenvalue weighted by molar-refractivity contribution is -0.765. The molecule has 27 heteroatoms. The molecule has 0 spiro atoms. The number of nitrogens with two attached hydrogens (primary N) is 4. The predicted octanol–water partition coefficient (Wildman–Crippen LogP) is -3.99. The van der Waals surface area contributed by atoms with Crippen LogP contribution in [-0.2, 0) is 48.0 Å². The zero-order valence-corrected chi connectivity index (χ0v) is 28.8. The van der Waals surface area contributed by atoms with Crippen LogP contribution in [0.4, 0.5) is 16.6 Å². The third-order valence-electron chi connectivity index (χ3n) is 6.84. The molecule has 2 aromatic rings. The summed E-state index contributed by atoms with van der Waals surface area (Å²) in [7, 11) is -3.27. The largest absolute Gasteiger partial charge is 0.726 e. The Hall–Kier alpha value is -5.09. The van der Waals surface area contributed by atoms with Gasteiger partial charge in [-0.15, -0.1) is 21.1 Å². The Morgan fingerprint density at radius 1 is 1.32 bits per heavy atom. The normalized spacial score (nSPS) is 17.6. The summed E-state index contributed by atoms with van der Waals surface area (Å²) in [5, 5.41) is 32.7. The highest BCUT2D eigenvalue weighted by Crippen LogP contribution is 2.40. The SMILES string of the molecule is Cn1c(N)c(N(CCN)C(=N)N)c[n+]1CC1=C(C(=O)O)N2C(=O)[C@@H](NC(=O)/C(=N\OC(C)(C)C(=O)O)c3nsc(N)n3)[C@H]2SC1.O=S(=O)([O-])O. The van der Waals surface area contributed by atoms with E-state index in [1.54, 1.807) is 22.6 Å². The molecule has 2 aliphatic heterocycles. The average molecular weight is 764 g/mol. The first-order valence-electron chi connectivity index (χ1n) is 13.7. The molecule has 13 N–H and O–H groups in total. The number of β-lactam (4-membered cyclic amide) rings is 1. The summed E-state index contributed by atoms with van der Waals surface area (Å²) >= 11 is 1.98. The summed E-state index contributed by atoms with van der Waals surface area (Å²) in [5.41, 5.74) is 21.4. The van der Waals surface area contributed by atoms with Crippen LogP contribution in [-0.4, -0.2) is 118 Å². The number of carboxylic acid groups (broad SMARTS) is 2. The molecular formula is C23H33N13O11S3. The second-order valence-electron chi connectivity index (χ2n) is 10.7. The van der Waals surface area contributed by atoms with E-state index in [9.17, 15) is 29.4 Å². The number of thioether (sulfide) groups is 1. The minimum Gasteiger partial charge on any atom is -0.726 e. The fourth-order valence-electron chi connectivity index (χ4n) is 4.38. The molecule has 2 atom stereocenters. The van der Waals surface area contributed by atoms with E-state index in [4.69, 9.17) is 50.7 Å². The molecule has 1 fully saturated rings. The first-order valence-corrected chi connectivity index (χ1v) is 16.9. The number of fused-ring (bicyclic) bond motifs is 1. The van der Waals surface area contributed by atoms with Crippen molar-refractivity contribution in [1.82, 2.24) is 24.3 Å². The number of nitrogen functional groups attached to an aromatic ring is 2. The van der Waals surface area contributed by atoms with Crippen LogP contribution in [0.2, 0.25) is 0 Å². The van der Waals surface area contributed by atoms with Gasteiger partial charge in [0.2, 0.25) is 33.7 Å². The number of carbonyl (C=O) groups is 4. The van der Waals surface area contributed by atoms with E-state index in [-0.39, 0.29) is 53.8 Å². The number of aromatic nitrogens is 4. The van der Waals surface area contributed by atoms with Crippen molar-refractivity contribution in [1.29, 1.82) is 5.41 Å². The van der Waals surface area contributed by atoms with Crippen molar-refractivity contribution in [3.05, 3.63) is 23.3 Å². The van der Waals surface area contributed by atoms with E-state index in [0.717, 1.165) is 16.4 Å². The van der Waals surface area contributed by atoms with Gasteiger partial charge in [0.1, 0.15) is 17.1 Å². The zero-order valence-electron chi connectivity index (χ0n) is 26.3. The van der Waals surface area contributed by atoms with E-state index in [2.05, 4.69) is 19.8 Å². The molecule has 274 valence electrons. The molecule has 2 amide bonds. The maximum Gasteiger partial charge on any atom is 0.352 e. The topological polar surface area (TPSA) is 389 Å². The van der Waals surface area contributed by atoms with Gasteiger partial charge < -0.3 is 52.8 Å². The van der Waals surface area contributed by atoms with Crippen molar-refractivity contribution >= 4 is 85.8 Å². The minimum atomic E-state index is -4.92. The van der Waals surface area contributed by atoms with Crippen LogP contribution >= 0.6 is 23.3 Å². The maximum atomic E-state index is 13.3. The molecule has 4 heterocycles. The molecule has 0 bridgehead atoms. The highest BCUT2D eigenvalue weighted by Gasteiger charge is 2.55. The van der Waals surface area contributed by atoms with Gasteiger partial charge in [-0.1, -0.05) is 5.16 Å². The smallest absolute Gasteiger partial charge is 0.352 e. The van der Waals surface area contributed by atoms with Gasteiger partial charge in [-0.2, -0.15) is 9.36 Å². The summed E-state index contributed by atoms with van der Waals surface area (Å²) in [6, 6.07) is -1.16. The second-order valence-corrected chi connectivity index (χ2v) is 13.4. The van der Waals surface area contributed by atoms with Crippen LogP contribution in [0.25, 0.3) is 0 Å². The maximum absolute atomic E-state index is 13.3. The van der Waals surface area contributed by atoms with Crippen LogP contribution in [0.15, 0.2) is 22.6 Å². The third kappa shape index (κ3) is 8.92. The molecule has 0 saturated carbocycles. The first kappa shape index (κ1) is 39.3. The molecule has 50 heavy (non-hydrogen) atoms. The van der Waals surface area contributed by atoms with Gasteiger partial charge in [0.25, 0.3) is 11.8 Å². The Morgan fingerprint density at radius 3 is 2.44 bits per heavy atom. The average Bonchev–Trinajstić information content (AvgIpc) is 3.55. The number of anilines is 3. The van der Waals surface area contributed by atoms with Crippen LogP contribution in [0, 0.1) is 5.41 Å². The van der Waals surface area contributed by atoms with Crippen molar-refractivity contribution in [3.63, 3.8) is 0 Å². The molecule has 2 aromatic heterocycles. The van der Waals surface area contributed by atoms with Gasteiger partial charge >= 0.3 is 11.9 Å². The highest BCUT2D eigenvalue weighted by atomic mass is 32.3. The van der Waals surface area contributed by atoms with Crippen molar-refractivity contribution in [2.24, 2.45) is 23.7 Å². The van der Waals surface area contributed by atoms with E-state index >= 15 is 0 Å². The number of carboxylic acids is 2. The number of hydrogen-bond acceptors (Lipinski definition) is 17. The van der Waals surface area contributed by atoms with E-state index in [1.807, 2.05) is 0 Å². The summed E-state index contributed by atoms with van der Waals surface area (Å²) < 4.78 is 39.9. The summed E-state index contributed by atoms with van der Waals surface area (Å²) in [6.45, 7) is 2.87. The Labute approximate surface area is 290 Å². The Balaban J connectivity index is 0.00000126. The number of guanidine groups is 1. The summed E-state index contributed by atoms with van der Waals surface area (Å²) in [6.07, 6.45) is 1.60. The van der Waals surface area contributed by atoms with Crippen LogP contribution < -0.4 is 37.8 Å².